The van der Waals surface area contributed by atoms with E-state index in [4.69, 9.17) is 0 Å². The third-order valence-electron chi connectivity index (χ3n) is 4.71. The zero-order valence-electron chi connectivity index (χ0n) is 16.5. The van der Waals surface area contributed by atoms with E-state index >= 15 is 0 Å². The maximum absolute atomic E-state index is 12.2. The lowest BCUT2D eigenvalue weighted by Crippen LogP contribution is -2.40. The fraction of sp³-hybridized carbons (Fsp3) is 0.455. The molecule has 2 atom stereocenters. The molecule has 0 fully saturated rings. The second-order valence-corrected chi connectivity index (χ2v) is 8.05. The minimum absolute atomic E-state index is 0.0601. The number of hydrogen-bond donors (Lipinski definition) is 2. The standard InChI is InChI=1S/C22H28F3NO2/c1-21(2,3)19(13-16-7-5-4-6-8-16)20(27)15-26-14-17-9-11-18(12-10-17)28-22(23,24)25/h4-12,19-20,26-27H,13-15H2,1-3H3/t19?,20-/m0/s1. The molecule has 1 unspecified atom stereocenters. The lowest BCUT2D eigenvalue weighted by atomic mass is 9.74. The predicted octanol–water partition coefficient (Wildman–Crippen LogP) is 4.94. The largest absolute Gasteiger partial charge is 0.573 e. The molecule has 6 heteroatoms. The zero-order valence-corrected chi connectivity index (χ0v) is 16.5. The molecule has 0 radical (unpaired) electrons. The Morgan fingerprint density at radius 3 is 2.07 bits per heavy atom. The normalized spacial score (nSPS) is 14.5. The fourth-order valence-corrected chi connectivity index (χ4v) is 3.20. The summed E-state index contributed by atoms with van der Waals surface area (Å²) in [6.07, 6.45) is -4.46. The van der Waals surface area contributed by atoms with E-state index in [1.807, 2.05) is 18.2 Å². The van der Waals surface area contributed by atoms with Crippen molar-refractivity contribution in [2.75, 3.05) is 6.54 Å². The van der Waals surface area contributed by atoms with Gasteiger partial charge in [0.2, 0.25) is 0 Å². The summed E-state index contributed by atoms with van der Waals surface area (Å²) in [5.41, 5.74) is 1.92. The summed E-state index contributed by atoms with van der Waals surface area (Å²) in [5, 5.41) is 13.9. The first kappa shape index (κ1) is 22.2. The fourth-order valence-electron chi connectivity index (χ4n) is 3.20. The molecule has 0 aliphatic heterocycles. The van der Waals surface area contributed by atoms with E-state index in [2.05, 4.69) is 43.0 Å². The molecule has 0 amide bonds. The maximum atomic E-state index is 12.2. The van der Waals surface area contributed by atoms with Gasteiger partial charge in [0.15, 0.2) is 0 Å². The number of aliphatic hydroxyl groups is 1. The highest BCUT2D eigenvalue weighted by molar-refractivity contribution is 5.27. The summed E-state index contributed by atoms with van der Waals surface area (Å²) in [4.78, 5) is 0. The van der Waals surface area contributed by atoms with Crippen molar-refractivity contribution >= 4 is 0 Å². The molecule has 2 aromatic carbocycles. The molecular formula is C22H28F3NO2. The summed E-state index contributed by atoms with van der Waals surface area (Å²) in [6, 6.07) is 15.8. The van der Waals surface area contributed by atoms with Crippen LogP contribution in [0.5, 0.6) is 5.75 Å². The Kier molecular flexibility index (Phi) is 7.49. The summed E-state index contributed by atoms with van der Waals surface area (Å²) in [5.74, 6) is -0.183. The van der Waals surface area contributed by atoms with Crippen molar-refractivity contribution < 1.29 is 23.0 Å². The first-order valence-corrected chi connectivity index (χ1v) is 9.32. The smallest absolute Gasteiger partial charge is 0.406 e. The van der Waals surface area contributed by atoms with Gasteiger partial charge >= 0.3 is 6.36 Å². The van der Waals surface area contributed by atoms with Gasteiger partial charge in [-0.15, -0.1) is 13.2 Å². The van der Waals surface area contributed by atoms with Gasteiger partial charge in [-0.1, -0.05) is 63.2 Å². The molecule has 28 heavy (non-hydrogen) atoms. The van der Waals surface area contributed by atoms with Crippen molar-refractivity contribution in [1.29, 1.82) is 0 Å². The average Bonchev–Trinajstić information content (AvgIpc) is 2.60. The minimum Gasteiger partial charge on any atom is -0.406 e. The highest BCUT2D eigenvalue weighted by atomic mass is 19.4. The number of aliphatic hydroxyl groups excluding tert-OH is 1. The van der Waals surface area contributed by atoms with Gasteiger partial charge in [-0.25, -0.2) is 0 Å². The van der Waals surface area contributed by atoms with Gasteiger partial charge < -0.3 is 15.2 Å². The second kappa shape index (κ2) is 9.43. The van der Waals surface area contributed by atoms with E-state index in [0.717, 1.165) is 12.0 Å². The van der Waals surface area contributed by atoms with E-state index < -0.39 is 12.5 Å². The average molecular weight is 395 g/mol. The van der Waals surface area contributed by atoms with Crippen LogP contribution < -0.4 is 10.1 Å². The first-order chi connectivity index (χ1) is 13.0. The van der Waals surface area contributed by atoms with Gasteiger partial charge in [0.25, 0.3) is 0 Å². The topological polar surface area (TPSA) is 41.5 Å². The van der Waals surface area contributed by atoms with Crippen LogP contribution in [-0.4, -0.2) is 24.1 Å². The second-order valence-electron chi connectivity index (χ2n) is 8.05. The first-order valence-electron chi connectivity index (χ1n) is 9.32. The van der Waals surface area contributed by atoms with Crippen LogP contribution in [0, 0.1) is 11.3 Å². The molecule has 2 aromatic rings. The van der Waals surface area contributed by atoms with Gasteiger partial charge in [0, 0.05) is 13.1 Å². The number of hydrogen-bond acceptors (Lipinski definition) is 3. The van der Waals surface area contributed by atoms with E-state index in [-0.39, 0.29) is 17.1 Å². The molecule has 2 rings (SSSR count). The van der Waals surface area contributed by atoms with Crippen LogP contribution in [0.4, 0.5) is 13.2 Å². The Balaban J connectivity index is 1.89. The Labute approximate surface area is 164 Å². The summed E-state index contributed by atoms with van der Waals surface area (Å²) < 4.78 is 40.5. The summed E-state index contributed by atoms with van der Waals surface area (Å²) in [7, 11) is 0. The van der Waals surface area contributed by atoms with Crippen LogP contribution in [0.2, 0.25) is 0 Å². The molecule has 0 saturated carbocycles. The Morgan fingerprint density at radius 2 is 1.54 bits per heavy atom. The van der Waals surface area contributed by atoms with Crippen molar-refractivity contribution in [2.45, 2.75) is 46.2 Å². The maximum Gasteiger partial charge on any atom is 0.573 e. The molecule has 2 N–H and O–H groups in total. The van der Waals surface area contributed by atoms with Crippen molar-refractivity contribution in [3.63, 3.8) is 0 Å². The van der Waals surface area contributed by atoms with Crippen LogP contribution in [0.25, 0.3) is 0 Å². The van der Waals surface area contributed by atoms with Gasteiger partial charge in [0.05, 0.1) is 6.10 Å². The van der Waals surface area contributed by atoms with Crippen LogP contribution in [-0.2, 0) is 13.0 Å². The summed E-state index contributed by atoms with van der Waals surface area (Å²) in [6.45, 7) is 7.19. The molecule has 0 aliphatic rings. The van der Waals surface area contributed by atoms with E-state index in [1.165, 1.54) is 17.7 Å². The molecule has 0 aromatic heterocycles. The summed E-state index contributed by atoms with van der Waals surface area (Å²) >= 11 is 0. The molecule has 154 valence electrons. The van der Waals surface area contributed by atoms with Crippen LogP contribution >= 0.6 is 0 Å². The third kappa shape index (κ3) is 7.52. The Bertz CT molecular complexity index is 709. The molecule has 0 bridgehead atoms. The Hall–Kier alpha value is -2.05. The molecule has 0 spiro atoms. The van der Waals surface area contributed by atoms with Gasteiger partial charge in [0.1, 0.15) is 5.75 Å². The predicted molar refractivity (Wildman–Crippen MR) is 104 cm³/mol. The van der Waals surface area contributed by atoms with Crippen LogP contribution in [0.3, 0.4) is 0 Å². The molecule has 3 nitrogen and oxygen atoms in total. The highest BCUT2D eigenvalue weighted by Gasteiger charge is 2.32. The lowest BCUT2D eigenvalue weighted by Gasteiger charge is -2.35. The number of rotatable bonds is 8. The highest BCUT2D eigenvalue weighted by Crippen LogP contribution is 2.32. The minimum atomic E-state index is -4.69. The van der Waals surface area contributed by atoms with Crippen LogP contribution in [0.15, 0.2) is 54.6 Å². The number of alkyl halides is 3. The lowest BCUT2D eigenvalue weighted by molar-refractivity contribution is -0.274. The number of ether oxygens (including phenoxy) is 1. The van der Waals surface area contributed by atoms with E-state index in [0.29, 0.717) is 13.1 Å². The van der Waals surface area contributed by atoms with Crippen molar-refractivity contribution in [3.8, 4) is 5.75 Å². The SMILES string of the molecule is CC(C)(C)C(Cc1ccccc1)[C@@H](O)CNCc1ccc(OC(F)(F)F)cc1. The van der Waals surface area contributed by atoms with Crippen molar-refractivity contribution in [2.24, 2.45) is 11.3 Å². The molecule has 0 heterocycles. The van der Waals surface area contributed by atoms with Crippen molar-refractivity contribution in [3.05, 3.63) is 65.7 Å². The number of halogens is 3. The quantitative estimate of drug-likeness (QED) is 0.665. The Morgan fingerprint density at radius 1 is 0.929 bits per heavy atom. The van der Waals surface area contributed by atoms with Gasteiger partial charge in [-0.3, -0.25) is 0 Å². The number of nitrogens with one attached hydrogen (secondary N) is 1. The molecule has 0 aliphatic carbocycles. The van der Waals surface area contributed by atoms with Crippen molar-refractivity contribution in [1.82, 2.24) is 5.32 Å². The molecular weight excluding hydrogens is 367 g/mol. The van der Waals surface area contributed by atoms with E-state index in [1.54, 1.807) is 12.1 Å². The van der Waals surface area contributed by atoms with Gasteiger partial charge in [-0.2, -0.15) is 0 Å². The van der Waals surface area contributed by atoms with Gasteiger partial charge in [-0.05, 0) is 41.0 Å². The van der Waals surface area contributed by atoms with Crippen LogP contribution in [0.1, 0.15) is 31.9 Å². The molecule has 0 saturated heterocycles. The van der Waals surface area contributed by atoms with E-state index in [9.17, 15) is 18.3 Å². The zero-order chi connectivity index (χ0) is 20.8. The number of benzene rings is 2. The third-order valence-corrected chi connectivity index (χ3v) is 4.71. The monoisotopic (exact) mass is 395 g/mol.